The molecule has 4 amide bonds. The summed E-state index contributed by atoms with van der Waals surface area (Å²) < 4.78 is 0. The van der Waals surface area contributed by atoms with Crippen LogP contribution in [0.4, 0.5) is 0 Å². The van der Waals surface area contributed by atoms with E-state index in [9.17, 15) is 28.8 Å². The predicted molar refractivity (Wildman–Crippen MR) is 103 cm³/mol. The molecule has 0 saturated carbocycles. The summed E-state index contributed by atoms with van der Waals surface area (Å²) in [6.45, 7) is 2.80. The highest BCUT2D eigenvalue weighted by molar-refractivity contribution is 5.95. The Morgan fingerprint density at radius 2 is 1.60 bits per heavy atom. The molecule has 0 heterocycles. The molecule has 9 N–H and O–H groups in total. The molecule has 0 aliphatic carbocycles. The maximum absolute atomic E-state index is 12.3. The topological polar surface area (TPSA) is 231 Å². The summed E-state index contributed by atoms with van der Waals surface area (Å²) in [5, 5.41) is 24.4. The van der Waals surface area contributed by atoms with E-state index in [2.05, 4.69) is 16.0 Å². The lowest BCUT2D eigenvalue weighted by Crippen LogP contribution is -2.54. The van der Waals surface area contributed by atoms with Crippen molar-refractivity contribution in [2.45, 2.75) is 57.7 Å². The van der Waals surface area contributed by atoms with Gasteiger partial charge in [-0.25, -0.2) is 4.79 Å². The van der Waals surface area contributed by atoms with Gasteiger partial charge in [-0.3, -0.25) is 24.0 Å². The van der Waals surface area contributed by atoms with Gasteiger partial charge in [-0.15, -0.1) is 0 Å². The van der Waals surface area contributed by atoms with Crippen molar-refractivity contribution in [2.24, 2.45) is 17.4 Å². The van der Waals surface area contributed by atoms with E-state index in [0.717, 1.165) is 0 Å². The van der Waals surface area contributed by atoms with E-state index in [1.165, 1.54) is 0 Å². The van der Waals surface area contributed by atoms with Gasteiger partial charge in [0.1, 0.15) is 12.1 Å². The first-order valence-electron chi connectivity index (χ1n) is 9.24. The average Bonchev–Trinajstić information content (AvgIpc) is 2.66. The quantitative estimate of drug-likeness (QED) is 0.151. The Kier molecular flexibility index (Phi) is 11.7. The number of carboxylic acids is 2. The first kappa shape index (κ1) is 26.8. The van der Waals surface area contributed by atoms with Crippen molar-refractivity contribution in [3.05, 3.63) is 0 Å². The van der Waals surface area contributed by atoms with Gasteiger partial charge in [0.2, 0.25) is 23.6 Å². The molecule has 13 heteroatoms. The van der Waals surface area contributed by atoms with Crippen LogP contribution >= 0.6 is 0 Å². The molecule has 0 aliphatic rings. The number of aliphatic carboxylic acids is 2. The Balaban J connectivity index is 4.89. The molecule has 170 valence electrons. The fourth-order valence-electron chi connectivity index (χ4n) is 2.30. The number of carboxylic acid groups (broad SMARTS) is 2. The molecule has 0 aromatic heterocycles. The highest BCUT2D eigenvalue weighted by atomic mass is 16.4. The number of primary amides is 1. The molecular weight excluding hydrogens is 402 g/mol. The lowest BCUT2D eigenvalue weighted by Gasteiger charge is -2.21. The van der Waals surface area contributed by atoms with E-state index in [1.807, 2.05) is 0 Å². The molecule has 4 unspecified atom stereocenters. The van der Waals surface area contributed by atoms with Crippen LogP contribution in [0.3, 0.4) is 0 Å². The molecule has 0 aliphatic heterocycles. The van der Waals surface area contributed by atoms with Gasteiger partial charge in [0.25, 0.3) is 0 Å². The maximum Gasteiger partial charge on any atom is 0.326 e. The normalized spacial score (nSPS) is 14.5. The third-order valence-electron chi connectivity index (χ3n) is 4.26. The zero-order valence-corrected chi connectivity index (χ0v) is 16.8. The molecule has 0 aromatic rings. The van der Waals surface area contributed by atoms with Crippen LogP contribution in [-0.4, -0.2) is 70.5 Å². The first-order chi connectivity index (χ1) is 13.9. The second kappa shape index (κ2) is 13.1. The van der Waals surface area contributed by atoms with Gasteiger partial charge in [-0.2, -0.15) is 0 Å². The Morgan fingerprint density at radius 3 is 2.07 bits per heavy atom. The van der Waals surface area contributed by atoms with Crippen molar-refractivity contribution < 1.29 is 39.0 Å². The van der Waals surface area contributed by atoms with Crippen molar-refractivity contribution in [1.82, 2.24) is 16.0 Å². The molecule has 0 bridgehead atoms. The molecule has 0 saturated heterocycles. The summed E-state index contributed by atoms with van der Waals surface area (Å²) in [6.07, 6.45) is -0.656. The highest BCUT2D eigenvalue weighted by Gasteiger charge is 2.28. The van der Waals surface area contributed by atoms with E-state index in [0.29, 0.717) is 6.42 Å². The van der Waals surface area contributed by atoms with Crippen LogP contribution in [0, 0.1) is 5.92 Å². The number of carbonyl (C=O) groups excluding carboxylic acids is 4. The van der Waals surface area contributed by atoms with Gasteiger partial charge in [-0.05, 0) is 12.3 Å². The number of amides is 4. The molecule has 4 atom stereocenters. The summed E-state index contributed by atoms with van der Waals surface area (Å²) in [7, 11) is 0. The van der Waals surface area contributed by atoms with Gasteiger partial charge < -0.3 is 37.6 Å². The second-order valence-corrected chi connectivity index (χ2v) is 6.76. The van der Waals surface area contributed by atoms with E-state index < -0.39 is 66.7 Å². The van der Waals surface area contributed by atoms with Gasteiger partial charge in [-0.1, -0.05) is 20.3 Å². The second-order valence-electron chi connectivity index (χ2n) is 6.76. The first-order valence-corrected chi connectivity index (χ1v) is 9.24. The van der Waals surface area contributed by atoms with E-state index >= 15 is 0 Å². The SMILES string of the molecule is CCC(C)C(NC(=O)CNC(=O)C(CC(N)=O)NC(=O)C(N)CCC(=O)O)C(=O)O. The molecule has 13 nitrogen and oxygen atoms in total. The van der Waals surface area contributed by atoms with Crippen molar-refractivity contribution in [3.8, 4) is 0 Å². The standard InChI is InChI=1S/C17H29N5O8/c1-3-8(2)14(17(29)30)22-12(24)7-20-16(28)10(6-11(19)23)21-15(27)9(18)4-5-13(25)26/h8-10,14H,3-7,18H2,1-2H3,(H2,19,23)(H,20,28)(H,21,27)(H,22,24)(H,25,26)(H,29,30). The molecule has 0 fully saturated rings. The van der Waals surface area contributed by atoms with Crippen molar-refractivity contribution in [3.63, 3.8) is 0 Å². The van der Waals surface area contributed by atoms with Crippen LogP contribution in [0.2, 0.25) is 0 Å². The zero-order valence-electron chi connectivity index (χ0n) is 16.8. The maximum atomic E-state index is 12.3. The summed E-state index contributed by atoms with van der Waals surface area (Å²) in [6, 6.07) is -3.82. The van der Waals surface area contributed by atoms with E-state index in [1.54, 1.807) is 13.8 Å². The predicted octanol–water partition coefficient (Wildman–Crippen LogP) is -2.73. The summed E-state index contributed by atoms with van der Waals surface area (Å²) >= 11 is 0. The minimum absolute atomic E-state index is 0.194. The van der Waals surface area contributed by atoms with Crippen molar-refractivity contribution in [1.29, 1.82) is 0 Å². The van der Waals surface area contributed by atoms with Gasteiger partial charge in [0, 0.05) is 6.42 Å². The van der Waals surface area contributed by atoms with Gasteiger partial charge in [0.15, 0.2) is 0 Å². The van der Waals surface area contributed by atoms with Crippen LogP contribution in [0.5, 0.6) is 0 Å². The average molecular weight is 431 g/mol. The van der Waals surface area contributed by atoms with E-state index in [4.69, 9.17) is 21.7 Å². The summed E-state index contributed by atoms with van der Waals surface area (Å²) in [4.78, 5) is 69.2. The monoisotopic (exact) mass is 431 g/mol. The number of carbonyl (C=O) groups is 6. The van der Waals surface area contributed by atoms with Gasteiger partial charge >= 0.3 is 11.9 Å². The highest BCUT2D eigenvalue weighted by Crippen LogP contribution is 2.07. The van der Waals surface area contributed by atoms with Crippen LogP contribution in [0.15, 0.2) is 0 Å². The molecule has 0 spiro atoms. The fraction of sp³-hybridized carbons (Fsp3) is 0.647. The van der Waals surface area contributed by atoms with Crippen LogP contribution in [-0.2, 0) is 28.8 Å². The van der Waals surface area contributed by atoms with Crippen LogP contribution in [0.1, 0.15) is 39.5 Å². The molecule has 0 aromatic carbocycles. The number of nitrogens with two attached hydrogens (primary N) is 2. The van der Waals surface area contributed by atoms with Gasteiger partial charge in [0.05, 0.1) is 19.0 Å². The lowest BCUT2D eigenvalue weighted by molar-refractivity contribution is -0.143. The largest absolute Gasteiger partial charge is 0.481 e. The van der Waals surface area contributed by atoms with Crippen LogP contribution < -0.4 is 27.4 Å². The lowest BCUT2D eigenvalue weighted by atomic mass is 9.99. The summed E-state index contributed by atoms with van der Waals surface area (Å²) in [5.41, 5.74) is 10.6. The number of nitrogens with one attached hydrogen (secondary N) is 3. The van der Waals surface area contributed by atoms with Crippen LogP contribution in [0.25, 0.3) is 0 Å². The minimum atomic E-state index is -1.44. The Hall–Kier alpha value is -3.22. The Labute approximate surface area is 172 Å². The van der Waals surface area contributed by atoms with E-state index in [-0.39, 0.29) is 18.8 Å². The number of rotatable bonds is 14. The minimum Gasteiger partial charge on any atom is -0.481 e. The fourth-order valence-corrected chi connectivity index (χ4v) is 2.30. The third-order valence-corrected chi connectivity index (χ3v) is 4.26. The third kappa shape index (κ3) is 10.4. The van der Waals surface area contributed by atoms with Crippen molar-refractivity contribution >= 4 is 35.6 Å². The number of hydrogen-bond acceptors (Lipinski definition) is 7. The Morgan fingerprint density at radius 1 is 1.00 bits per heavy atom. The Bertz CT molecular complexity index is 669. The zero-order chi connectivity index (χ0) is 23.4. The molecule has 0 rings (SSSR count). The molecular formula is C17H29N5O8. The smallest absolute Gasteiger partial charge is 0.326 e. The van der Waals surface area contributed by atoms with Crippen molar-refractivity contribution in [2.75, 3.05) is 6.54 Å². The summed E-state index contributed by atoms with van der Waals surface area (Å²) in [5.74, 6) is -6.22. The molecule has 30 heavy (non-hydrogen) atoms. The number of hydrogen-bond donors (Lipinski definition) is 7. The molecule has 0 radical (unpaired) electrons.